The molecule has 0 atom stereocenters. The van der Waals surface area contributed by atoms with Gasteiger partial charge in [-0.3, -0.25) is 4.79 Å². The number of benzene rings is 2. The van der Waals surface area contributed by atoms with Crippen molar-refractivity contribution in [2.45, 2.75) is 19.4 Å². The molecule has 22 heavy (non-hydrogen) atoms. The normalized spacial score (nSPS) is 11.1. The third kappa shape index (κ3) is 4.60. The lowest BCUT2D eigenvalue weighted by molar-refractivity contribution is -0.128. The zero-order chi connectivity index (χ0) is 16.3. The van der Waals surface area contributed by atoms with Crippen LogP contribution in [0.1, 0.15) is 13.8 Å². The van der Waals surface area contributed by atoms with E-state index in [-0.39, 0.29) is 5.91 Å². The van der Waals surface area contributed by atoms with Crippen molar-refractivity contribution in [2.75, 3.05) is 5.32 Å². The largest absolute Gasteiger partial charge is 0.478 e. The highest BCUT2D eigenvalue weighted by atomic mass is 127. The first kappa shape index (κ1) is 17.6. The molecule has 0 saturated carbocycles. The molecule has 0 radical (unpaired) electrons. The van der Waals surface area contributed by atoms with E-state index in [1.807, 2.05) is 18.2 Å². The van der Waals surface area contributed by atoms with Crippen molar-refractivity contribution in [1.29, 1.82) is 0 Å². The maximum absolute atomic E-state index is 12.5. The van der Waals surface area contributed by atoms with Crippen LogP contribution in [0.15, 0.2) is 46.9 Å². The summed E-state index contributed by atoms with van der Waals surface area (Å²) >= 11 is 11.4. The first-order valence-corrected chi connectivity index (χ1v) is 8.74. The van der Waals surface area contributed by atoms with Crippen LogP contribution in [0.3, 0.4) is 0 Å². The quantitative estimate of drug-likeness (QED) is 0.570. The van der Waals surface area contributed by atoms with Gasteiger partial charge in [0.1, 0.15) is 5.75 Å². The number of rotatable bonds is 4. The Morgan fingerprint density at radius 2 is 1.86 bits per heavy atom. The van der Waals surface area contributed by atoms with Crippen molar-refractivity contribution in [3.05, 3.63) is 55.5 Å². The van der Waals surface area contributed by atoms with Gasteiger partial charge in [-0.2, -0.15) is 0 Å². The predicted molar refractivity (Wildman–Crippen MR) is 102 cm³/mol. The minimum Gasteiger partial charge on any atom is -0.478 e. The summed E-state index contributed by atoms with van der Waals surface area (Å²) in [5.41, 5.74) is -0.258. The van der Waals surface area contributed by atoms with Gasteiger partial charge < -0.3 is 10.1 Å². The second kappa shape index (κ2) is 7.19. The molecule has 6 heteroatoms. The number of halogens is 3. The van der Waals surface area contributed by atoms with Crippen LogP contribution in [0, 0.1) is 3.57 Å². The second-order valence-corrected chi connectivity index (χ2v) is 7.66. The van der Waals surface area contributed by atoms with Gasteiger partial charge in [0.25, 0.3) is 5.91 Å². The molecule has 0 aliphatic carbocycles. The molecule has 1 amide bonds. The number of ether oxygens (including phenoxy) is 1. The highest BCUT2D eigenvalue weighted by molar-refractivity contribution is 14.1. The summed E-state index contributed by atoms with van der Waals surface area (Å²) in [5.74, 6) is 0.373. The number of hydrogen-bond donors (Lipinski definition) is 1. The monoisotopic (exact) mass is 493 g/mol. The second-order valence-electron chi connectivity index (χ2n) is 5.14. The van der Waals surface area contributed by atoms with Crippen LogP contribution < -0.4 is 10.1 Å². The fourth-order valence-electron chi connectivity index (χ4n) is 1.71. The van der Waals surface area contributed by atoms with Crippen molar-refractivity contribution in [3.63, 3.8) is 0 Å². The van der Waals surface area contributed by atoms with E-state index in [9.17, 15) is 4.79 Å². The first-order valence-electron chi connectivity index (χ1n) is 6.49. The topological polar surface area (TPSA) is 38.3 Å². The molecule has 0 unspecified atom stereocenters. The molecule has 0 heterocycles. The lowest BCUT2D eigenvalue weighted by Crippen LogP contribution is -2.42. The maximum atomic E-state index is 12.5. The average Bonchev–Trinajstić information content (AvgIpc) is 2.44. The molecule has 0 fully saturated rings. The summed E-state index contributed by atoms with van der Waals surface area (Å²) in [7, 11) is 0. The van der Waals surface area contributed by atoms with Crippen LogP contribution >= 0.6 is 50.1 Å². The van der Waals surface area contributed by atoms with E-state index in [1.165, 1.54) is 0 Å². The molecule has 3 nitrogen and oxygen atoms in total. The van der Waals surface area contributed by atoms with Crippen molar-refractivity contribution < 1.29 is 9.53 Å². The Bertz CT molecular complexity index is 689. The van der Waals surface area contributed by atoms with E-state index in [0.717, 1.165) is 13.7 Å². The van der Waals surface area contributed by atoms with Gasteiger partial charge in [-0.1, -0.05) is 27.5 Å². The summed E-state index contributed by atoms with van der Waals surface area (Å²) in [6, 6.07) is 12.6. The minimum absolute atomic E-state index is 0.220. The van der Waals surface area contributed by atoms with E-state index in [1.54, 1.807) is 38.1 Å². The van der Waals surface area contributed by atoms with Gasteiger partial charge in [0, 0.05) is 13.1 Å². The van der Waals surface area contributed by atoms with Gasteiger partial charge >= 0.3 is 0 Å². The van der Waals surface area contributed by atoms with Gasteiger partial charge in [0.05, 0.1) is 5.69 Å². The van der Waals surface area contributed by atoms with E-state index in [4.69, 9.17) is 16.3 Å². The molecule has 0 aliphatic heterocycles. The van der Waals surface area contributed by atoms with Crippen molar-refractivity contribution >= 4 is 61.7 Å². The van der Waals surface area contributed by atoms with Crippen LogP contribution in [0.5, 0.6) is 5.75 Å². The Labute approximate surface area is 156 Å². The molecule has 116 valence electrons. The minimum atomic E-state index is -1.01. The number of amides is 1. The van der Waals surface area contributed by atoms with Crippen molar-refractivity contribution in [2.24, 2.45) is 0 Å². The molecule has 2 aromatic carbocycles. The molecule has 0 aromatic heterocycles. The Morgan fingerprint density at radius 3 is 2.45 bits per heavy atom. The number of hydrogen-bond acceptors (Lipinski definition) is 2. The first-order chi connectivity index (χ1) is 10.3. The lowest BCUT2D eigenvalue weighted by atomic mass is 10.1. The van der Waals surface area contributed by atoms with Crippen molar-refractivity contribution in [3.8, 4) is 5.75 Å². The highest BCUT2D eigenvalue weighted by Crippen LogP contribution is 2.25. The maximum Gasteiger partial charge on any atom is 0.268 e. The molecule has 0 saturated heterocycles. The number of carbonyl (C=O) groups excluding carboxylic acids is 1. The van der Waals surface area contributed by atoms with E-state index < -0.39 is 5.60 Å². The van der Waals surface area contributed by atoms with Crippen LogP contribution in [0.25, 0.3) is 0 Å². The van der Waals surface area contributed by atoms with Gasteiger partial charge in [-0.15, -0.1) is 0 Å². The molecule has 1 N–H and O–H groups in total. The summed E-state index contributed by atoms with van der Waals surface area (Å²) in [5, 5.41) is 3.52. The lowest BCUT2D eigenvalue weighted by Gasteiger charge is -2.25. The van der Waals surface area contributed by atoms with Gasteiger partial charge in [0.15, 0.2) is 5.60 Å². The van der Waals surface area contributed by atoms with Crippen LogP contribution in [0.2, 0.25) is 5.02 Å². The fraction of sp³-hybridized carbons (Fsp3) is 0.188. The molecule has 0 spiro atoms. The SMILES string of the molecule is CC(C)(Oc1ccc(Cl)cc1)C(=O)Nc1ccc(Br)cc1I. The Kier molecular flexibility index (Phi) is 5.74. The summed E-state index contributed by atoms with van der Waals surface area (Å²) < 4.78 is 7.68. The molecule has 0 bridgehead atoms. The van der Waals surface area contributed by atoms with Gasteiger partial charge in [0.2, 0.25) is 0 Å². The van der Waals surface area contributed by atoms with Gasteiger partial charge in [-0.25, -0.2) is 0 Å². The summed E-state index contributed by atoms with van der Waals surface area (Å²) in [4.78, 5) is 12.5. The Balaban J connectivity index is 2.11. The Hall–Kier alpha value is -0.790. The van der Waals surface area contributed by atoms with Crippen LogP contribution in [-0.2, 0) is 4.79 Å². The standard InChI is InChI=1S/C16H14BrClINO2/c1-16(2,22-12-6-4-11(18)5-7-12)15(21)20-14-8-3-10(17)9-13(14)19/h3-9H,1-2H3,(H,20,21). The van der Waals surface area contributed by atoms with Crippen LogP contribution in [0.4, 0.5) is 5.69 Å². The van der Waals surface area contributed by atoms with E-state index in [0.29, 0.717) is 10.8 Å². The molecule has 0 aliphatic rings. The third-order valence-corrected chi connectivity index (χ3v) is 4.55. The average molecular weight is 495 g/mol. The Morgan fingerprint density at radius 1 is 1.23 bits per heavy atom. The van der Waals surface area contributed by atoms with Gasteiger partial charge in [-0.05, 0) is 78.9 Å². The highest BCUT2D eigenvalue weighted by Gasteiger charge is 2.30. The number of anilines is 1. The van der Waals surface area contributed by atoms with E-state index >= 15 is 0 Å². The number of nitrogens with one attached hydrogen (secondary N) is 1. The predicted octanol–water partition coefficient (Wildman–Crippen LogP) is 5.50. The molecular weight excluding hydrogens is 480 g/mol. The summed E-state index contributed by atoms with van der Waals surface area (Å²) in [6.07, 6.45) is 0. The van der Waals surface area contributed by atoms with E-state index in [2.05, 4.69) is 43.8 Å². The summed E-state index contributed by atoms with van der Waals surface area (Å²) in [6.45, 7) is 3.45. The molecule has 2 aromatic rings. The van der Waals surface area contributed by atoms with Crippen LogP contribution in [-0.4, -0.2) is 11.5 Å². The fourth-order valence-corrected chi connectivity index (χ4v) is 3.27. The number of carbonyl (C=O) groups is 1. The zero-order valence-electron chi connectivity index (χ0n) is 12.0. The molecular formula is C16H14BrClINO2. The smallest absolute Gasteiger partial charge is 0.268 e. The zero-order valence-corrected chi connectivity index (χ0v) is 16.5. The van der Waals surface area contributed by atoms with Crippen molar-refractivity contribution in [1.82, 2.24) is 0 Å². The third-order valence-electron chi connectivity index (χ3n) is 2.91. The molecule has 2 rings (SSSR count).